The summed E-state index contributed by atoms with van der Waals surface area (Å²) in [5, 5.41) is 25.1. The third kappa shape index (κ3) is 4.86. The number of benzene rings is 1. The number of aliphatic carboxylic acids is 1. The summed E-state index contributed by atoms with van der Waals surface area (Å²) in [6.45, 7) is 0.863. The number of hydrogen-bond donors (Lipinski definition) is 5. The number of H-pyrrole nitrogens is 1. The van der Waals surface area contributed by atoms with Gasteiger partial charge in [0.2, 0.25) is 0 Å². The number of aromatic amines is 1. The second kappa shape index (κ2) is 9.57. The van der Waals surface area contributed by atoms with E-state index in [9.17, 15) is 14.4 Å². The van der Waals surface area contributed by atoms with Gasteiger partial charge in [-0.3, -0.25) is 19.5 Å². The normalized spacial score (nSPS) is 19.4. The van der Waals surface area contributed by atoms with Crippen LogP contribution >= 0.6 is 0 Å². The maximum Gasteiger partial charge on any atom is 0.306 e. The minimum Gasteiger partial charge on any atom is -0.482 e. The predicted molar refractivity (Wildman–Crippen MR) is 125 cm³/mol. The van der Waals surface area contributed by atoms with Gasteiger partial charge < -0.3 is 25.8 Å². The van der Waals surface area contributed by atoms with Crippen molar-refractivity contribution in [2.45, 2.75) is 32.2 Å². The molecule has 1 aliphatic carbocycles. The third-order valence-electron chi connectivity index (χ3n) is 6.45. The van der Waals surface area contributed by atoms with Gasteiger partial charge in [-0.1, -0.05) is 6.07 Å². The number of nitrogens with one attached hydrogen (secondary N) is 4. The van der Waals surface area contributed by atoms with Gasteiger partial charge in [-0.05, 0) is 49.3 Å². The first-order valence-corrected chi connectivity index (χ1v) is 11.5. The average molecular weight is 479 g/mol. The predicted octanol–water partition coefficient (Wildman–Crippen LogP) is 1.92. The topological polar surface area (TPSA) is 171 Å². The van der Waals surface area contributed by atoms with Crippen LogP contribution in [-0.2, 0) is 16.1 Å². The van der Waals surface area contributed by atoms with Gasteiger partial charge in [-0.25, -0.2) is 9.97 Å². The molecule has 1 aliphatic heterocycles. The van der Waals surface area contributed by atoms with Crippen molar-refractivity contribution >= 4 is 40.3 Å². The summed E-state index contributed by atoms with van der Waals surface area (Å²) >= 11 is 0. The lowest BCUT2D eigenvalue weighted by Gasteiger charge is -2.26. The Morgan fingerprint density at radius 2 is 2.00 bits per heavy atom. The smallest absolute Gasteiger partial charge is 0.306 e. The van der Waals surface area contributed by atoms with Crippen molar-refractivity contribution in [1.29, 1.82) is 0 Å². The number of anilines is 2. The molecule has 3 heterocycles. The van der Waals surface area contributed by atoms with Crippen molar-refractivity contribution in [1.82, 2.24) is 25.5 Å². The van der Waals surface area contributed by atoms with Crippen LogP contribution in [0.15, 0.2) is 24.5 Å². The summed E-state index contributed by atoms with van der Waals surface area (Å²) < 4.78 is 5.35. The fourth-order valence-electron chi connectivity index (χ4n) is 4.49. The van der Waals surface area contributed by atoms with Gasteiger partial charge in [0.05, 0.1) is 11.6 Å². The van der Waals surface area contributed by atoms with Crippen molar-refractivity contribution < 1.29 is 24.2 Å². The molecule has 35 heavy (non-hydrogen) atoms. The lowest BCUT2D eigenvalue weighted by Crippen LogP contribution is -2.26. The molecule has 5 rings (SSSR count). The Labute approximate surface area is 199 Å². The molecule has 2 amide bonds. The summed E-state index contributed by atoms with van der Waals surface area (Å²) in [5.74, 6) is -0.110. The summed E-state index contributed by atoms with van der Waals surface area (Å²) in [6, 6.07) is 5.32. The van der Waals surface area contributed by atoms with Crippen molar-refractivity contribution in [3.8, 4) is 5.75 Å². The van der Waals surface area contributed by atoms with E-state index in [0.717, 1.165) is 18.4 Å². The molecule has 0 spiro atoms. The number of aromatic nitrogens is 4. The molecular formula is C23H25N7O5. The highest BCUT2D eigenvalue weighted by Crippen LogP contribution is 2.30. The summed E-state index contributed by atoms with van der Waals surface area (Å²) in [4.78, 5) is 43.9. The van der Waals surface area contributed by atoms with Crippen molar-refractivity contribution in [3.63, 3.8) is 0 Å². The number of carbonyl (C=O) groups excluding carboxylic acids is 2. The number of carbonyl (C=O) groups is 3. The van der Waals surface area contributed by atoms with Gasteiger partial charge in [-0.15, -0.1) is 0 Å². The second-order valence-electron chi connectivity index (χ2n) is 8.80. The van der Waals surface area contributed by atoms with Crippen LogP contribution in [-0.4, -0.2) is 56.2 Å². The number of nitrogens with zero attached hydrogens (tertiary/aromatic N) is 3. The lowest BCUT2D eigenvalue weighted by atomic mass is 9.82. The molecule has 1 fully saturated rings. The van der Waals surface area contributed by atoms with Gasteiger partial charge >= 0.3 is 5.97 Å². The number of ether oxygens (including phenoxy) is 1. The monoisotopic (exact) mass is 479 g/mol. The van der Waals surface area contributed by atoms with Crippen LogP contribution in [0.2, 0.25) is 0 Å². The Morgan fingerprint density at radius 1 is 1.17 bits per heavy atom. The summed E-state index contributed by atoms with van der Waals surface area (Å²) in [5.41, 5.74) is 2.47. The number of fused-ring (bicyclic) bond motifs is 2. The highest BCUT2D eigenvalue weighted by molar-refractivity contribution is 6.04. The molecule has 12 nitrogen and oxygen atoms in total. The fourth-order valence-corrected chi connectivity index (χ4v) is 4.49. The Kier molecular flexibility index (Phi) is 6.17. The molecule has 182 valence electrons. The molecule has 5 N–H and O–H groups in total. The van der Waals surface area contributed by atoms with Crippen LogP contribution in [0.5, 0.6) is 5.75 Å². The fraction of sp³-hybridized carbons (Fsp3) is 0.391. The zero-order valence-corrected chi connectivity index (χ0v) is 18.8. The van der Waals surface area contributed by atoms with Gasteiger partial charge in [-0.2, -0.15) is 5.10 Å². The van der Waals surface area contributed by atoms with E-state index in [-0.39, 0.29) is 30.7 Å². The largest absolute Gasteiger partial charge is 0.482 e. The minimum absolute atomic E-state index is 0.0142. The summed E-state index contributed by atoms with van der Waals surface area (Å²) in [6.07, 6.45) is 4.36. The molecule has 0 saturated heterocycles. The van der Waals surface area contributed by atoms with Crippen LogP contribution in [0.25, 0.3) is 11.0 Å². The highest BCUT2D eigenvalue weighted by atomic mass is 16.5. The minimum atomic E-state index is -0.718. The Bertz CT molecular complexity index is 1280. The molecule has 2 aliphatic rings. The Balaban J connectivity index is 1.22. The molecule has 0 bridgehead atoms. The SMILES string of the molecule is O=C1COc2ccc(CNC(=O)c3ncnc4c(NCC5CCC(C(=O)O)CC5)n[nH]c34)cc2N1. The lowest BCUT2D eigenvalue weighted by molar-refractivity contribution is -0.143. The average Bonchev–Trinajstić information content (AvgIpc) is 3.29. The van der Waals surface area contributed by atoms with Crippen LogP contribution in [0.1, 0.15) is 41.7 Å². The maximum atomic E-state index is 12.9. The molecule has 1 saturated carbocycles. The van der Waals surface area contributed by atoms with Crippen molar-refractivity contribution in [2.75, 3.05) is 23.8 Å². The number of rotatable bonds is 7. The van der Waals surface area contributed by atoms with Crippen LogP contribution in [0, 0.1) is 11.8 Å². The van der Waals surface area contributed by atoms with Crippen LogP contribution in [0.4, 0.5) is 11.5 Å². The van der Waals surface area contributed by atoms with E-state index in [1.807, 2.05) is 6.07 Å². The summed E-state index contributed by atoms with van der Waals surface area (Å²) in [7, 11) is 0. The van der Waals surface area contributed by atoms with E-state index in [2.05, 4.69) is 36.1 Å². The molecule has 3 aromatic rings. The van der Waals surface area contributed by atoms with Gasteiger partial charge in [0.25, 0.3) is 11.8 Å². The van der Waals surface area contributed by atoms with E-state index in [0.29, 0.717) is 53.6 Å². The molecule has 1 aromatic carbocycles. The standard InChI is InChI=1S/C23H25N7O5/c31-17-10-35-16-6-3-13(7-15(16)28-17)9-25-22(32)20-18-19(26-11-27-20)21(30-29-18)24-8-12-1-4-14(5-2-12)23(33)34/h3,6-7,11-12,14H,1-2,4-5,8-10H2,(H,25,32)(H,28,31)(H,33,34)(H2,24,29,30). The molecular weight excluding hydrogens is 454 g/mol. The van der Waals surface area contributed by atoms with Crippen LogP contribution < -0.4 is 20.7 Å². The van der Waals surface area contributed by atoms with Gasteiger partial charge in [0.1, 0.15) is 23.1 Å². The Hall–Kier alpha value is -4.22. The zero-order valence-electron chi connectivity index (χ0n) is 18.8. The first-order chi connectivity index (χ1) is 17.0. The van der Waals surface area contributed by atoms with Gasteiger partial charge in [0, 0.05) is 13.1 Å². The molecule has 0 atom stereocenters. The van der Waals surface area contributed by atoms with E-state index < -0.39 is 11.9 Å². The molecule has 12 heteroatoms. The first kappa shape index (κ1) is 22.6. The third-order valence-corrected chi connectivity index (χ3v) is 6.45. The second-order valence-corrected chi connectivity index (χ2v) is 8.80. The number of amides is 2. The molecule has 2 aromatic heterocycles. The molecule has 0 unspecified atom stereocenters. The molecule has 0 radical (unpaired) electrons. The number of carboxylic acid groups (broad SMARTS) is 1. The maximum absolute atomic E-state index is 12.9. The number of carboxylic acids is 1. The van der Waals surface area contributed by atoms with E-state index >= 15 is 0 Å². The van der Waals surface area contributed by atoms with Gasteiger partial charge in [0.15, 0.2) is 18.1 Å². The first-order valence-electron chi connectivity index (χ1n) is 11.5. The van der Waals surface area contributed by atoms with E-state index in [1.165, 1.54) is 6.33 Å². The van der Waals surface area contributed by atoms with Crippen molar-refractivity contribution in [2.24, 2.45) is 11.8 Å². The van der Waals surface area contributed by atoms with E-state index in [1.54, 1.807) is 12.1 Å². The quantitative estimate of drug-likeness (QED) is 0.339. The van der Waals surface area contributed by atoms with Crippen LogP contribution in [0.3, 0.4) is 0 Å². The zero-order chi connectivity index (χ0) is 24.4. The Morgan fingerprint density at radius 3 is 2.80 bits per heavy atom. The van der Waals surface area contributed by atoms with Crippen molar-refractivity contribution in [3.05, 3.63) is 35.8 Å². The van der Waals surface area contributed by atoms with E-state index in [4.69, 9.17) is 9.84 Å². The highest BCUT2D eigenvalue weighted by Gasteiger charge is 2.26. The number of hydrogen-bond acceptors (Lipinski definition) is 8.